The number of guanidine groups is 1. The molecule has 0 spiro atoms. The summed E-state index contributed by atoms with van der Waals surface area (Å²) in [4.78, 5) is 6.59. The summed E-state index contributed by atoms with van der Waals surface area (Å²) in [6.07, 6.45) is 2.42. The van der Waals surface area contributed by atoms with Crippen molar-refractivity contribution >= 4 is 5.96 Å². The second-order valence-corrected chi connectivity index (χ2v) is 6.04. The first-order chi connectivity index (χ1) is 11.1. The van der Waals surface area contributed by atoms with Crippen molar-refractivity contribution in [2.75, 3.05) is 7.05 Å². The van der Waals surface area contributed by atoms with E-state index in [0.29, 0.717) is 18.5 Å². The van der Waals surface area contributed by atoms with Gasteiger partial charge >= 0.3 is 0 Å². The Hall–Kier alpha value is -2.49. The molecule has 4 nitrogen and oxygen atoms in total. The van der Waals surface area contributed by atoms with Crippen molar-refractivity contribution in [2.45, 2.75) is 32.4 Å². The number of rotatable bonds is 5. The van der Waals surface area contributed by atoms with Crippen molar-refractivity contribution in [1.29, 1.82) is 0 Å². The van der Waals surface area contributed by atoms with Crippen LogP contribution in [0, 0.1) is 6.92 Å². The monoisotopic (exact) mass is 309 g/mol. The van der Waals surface area contributed by atoms with Gasteiger partial charge in [-0.3, -0.25) is 0 Å². The van der Waals surface area contributed by atoms with E-state index in [2.05, 4.69) is 28.9 Å². The molecule has 0 aliphatic heterocycles. The first kappa shape index (κ1) is 15.4. The van der Waals surface area contributed by atoms with E-state index in [1.807, 2.05) is 43.4 Å². The third kappa shape index (κ3) is 4.03. The summed E-state index contributed by atoms with van der Waals surface area (Å²) in [7, 11) is 2.01. The number of hydrogen-bond donors (Lipinski definition) is 1. The van der Waals surface area contributed by atoms with Crippen molar-refractivity contribution < 1.29 is 4.74 Å². The predicted octanol–water partition coefficient (Wildman–Crippen LogP) is 3.70. The quantitative estimate of drug-likeness (QED) is 0.677. The van der Waals surface area contributed by atoms with Gasteiger partial charge in [-0.2, -0.15) is 0 Å². The first-order valence-electron chi connectivity index (χ1n) is 7.98. The number of para-hydroxylation sites is 1. The molecule has 1 aliphatic carbocycles. The second-order valence-electron chi connectivity index (χ2n) is 6.04. The fourth-order valence-electron chi connectivity index (χ4n) is 2.43. The Bertz CT molecular complexity index is 693. The van der Waals surface area contributed by atoms with Crippen LogP contribution in [-0.2, 0) is 6.54 Å². The van der Waals surface area contributed by atoms with Crippen molar-refractivity contribution in [2.24, 2.45) is 10.7 Å². The SMILES string of the molecule is Cc1ccc(CN=C(N)N(C)C2CC2)c(Oc2ccccc2)c1. The van der Waals surface area contributed by atoms with Gasteiger partial charge in [0.15, 0.2) is 5.96 Å². The Morgan fingerprint density at radius 3 is 2.65 bits per heavy atom. The summed E-state index contributed by atoms with van der Waals surface area (Å²) in [5.74, 6) is 2.26. The van der Waals surface area contributed by atoms with Crippen LogP contribution in [0.15, 0.2) is 53.5 Å². The van der Waals surface area contributed by atoms with Crippen LogP contribution in [0.5, 0.6) is 11.5 Å². The standard InChI is InChI=1S/C19H23N3O/c1-14-8-9-15(13-21-19(20)22(2)16-10-11-16)18(12-14)23-17-6-4-3-5-7-17/h3-9,12,16H,10-11,13H2,1-2H3,(H2,20,21). The third-order valence-electron chi connectivity index (χ3n) is 4.06. The molecule has 0 heterocycles. The van der Waals surface area contributed by atoms with Gasteiger partial charge in [0.25, 0.3) is 0 Å². The van der Waals surface area contributed by atoms with Gasteiger partial charge in [0, 0.05) is 18.7 Å². The van der Waals surface area contributed by atoms with Crippen molar-refractivity contribution in [1.82, 2.24) is 4.90 Å². The summed E-state index contributed by atoms with van der Waals surface area (Å²) < 4.78 is 6.02. The molecule has 2 aromatic carbocycles. The average Bonchev–Trinajstić information content (AvgIpc) is 3.39. The Kier molecular flexibility index (Phi) is 4.51. The number of benzene rings is 2. The molecule has 3 rings (SSSR count). The molecule has 0 bridgehead atoms. The lowest BCUT2D eigenvalue weighted by Gasteiger charge is -2.17. The number of aryl methyl sites for hydroxylation is 1. The largest absolute Gasteiger partial charge is 0.457 e. The van der Waals surface area contributed by atoms with Gasteiger partial charge in [-0.1, -0.05) is 30.3 Å². The Morgan fingerprint density at radius 1 is 1.22 bits per heavy atom. The molecule has 0 unspecified atom stereocenters. The van der Waals surface area contributed by atoms with E-state index >= 15 is 0 Å². The van der Waals surface area contributed by atoms with Gasteiger partial charge in [-0.15, -0.1) is 0 Å². The molecule has 1 aliphatic rings. The third-order valence-corrected chi connectivity index (χ3v) is 4.06. The maximum Gasteiger partial charge on any atom is 0.191 e. The molecule has 0 saturated heterocycles. The molecule has 2 N–H and O–H groups in total. The van der Waals surface area contributed by atoms with E-state index in [0.717, 1.165) is 22.6 Å². The second kappa shape index (κ2) is 6.73. The molecule has 0 atom stereocenters. The fraction of sp³-hybridized carbons (Fsp3) is 0.316. The summed E-state index contributed by atoms with van der Waals surface area (Å²) in [6, 6.07) is 16.5. The molecule has 0 amide bonds. The lowest BCUT2D eigenvalue weighted by molar-refractivity contribution is 0.473. The highest BCUT2D eigenvalue weighted by Crippen LogP contribution is 2.28. The maximum absolute atomic E-state index is 6.07. The number of nitrogens with zero attached hydrogens (tertiary/aromatic N) is 2. The Balaban J connectivity index is 1.77. The average molecular weight is 309 g/mol. The van der Waals surface area contributed by atoms with Crippen LogP contribution in [0.4, 0.5) is 0 Å². The van der Waals surface area contributed by atoms with Gasteiger partial charge in [0.1, 0.15) is 11.5 Å². The number of ether oxygens (including phenoxy) is 1. The lowest BCUT2D eigenvalue weighted by Crippen LogP contribution is -2.35. The highest BCUT2D eigenvalue weighted by Gasteiger charge is 2.27. The minimum atomic E-state index is 0.519. The van der Waals surface area contributed by atoms with Crippen LogP contribution < -0.4 is 10.5 Å². The van der Waals surface area contributed by atoms with Gasteiger partial charge in [0.2, 0.25) is 0 Å². The smallest absolute Gasteiger partial charge is 0.191 e. The van der Waals surface area contributed by atoms with E-state index in [-0.39, 0.29) is 0 Å². The van der Waals surface area contributed by atoms with Gasteiger partial charge in [-0.25, -0.2) is 4.99 Å². The molecule has 23 heavy (non-hydrogen) atoms. The fourth-order valence-corrected chi connectivity index (χ4v) is 2.43. The highest BCUT2D eigenvalue weighted by molar-refractivity contribution is 5.78. The van der Waals surface area contributed by atoms with E-state index in [9.17, 15) is 0 Å². The summed E-state index contributed by atoms with van der Waals surface area (Å²) in [5.41, 5.74) is 8.27. The van der Waals surface area contributed by atoms with Crippen LogP contribution in [0.2, 0.25) is 0 Å². The van der Waals surface area contributed by atoms with E-state index in [1.54, 1.807) is 0 Å². The van der Waals surface area contributed by atoms with Gasteiger partial charge in [-0.05, 0) is 43.5 Å². The van der Waals surface area contributed by atoms with E-state index < -0.39 is 0 Å². The molecule has 120 valence electrons. The number of nitrogens with two attached hydrogens (primary N) is 1. The van der Waals surface area contributed by atoms with Crippen LogP contribution in [0.3, 0.4) is 0 Å². The normalized spacial score (nSPS) is 14.6. The van der Waals surface area contributed by atoms with Gasteiger partial charge in [0.05, 0.1) is 6.54 Å². The zero-order valence-corrected chi connectivity index (χ0v) is 13.7. The van der Waals surface area contributed by atoms with Crippen molar-refractivity contribution in [3.05, 3.63) is 59.7 Å². The molecular weight excluding hydrogens is 286 g/mol. The van der Waals surface area contributed by atoms with Crippen LogP contribution in [0.1, 0.15) is 24.0 Å². The van der Waals surface area contributed by atoms with E-state index in [1.165, 1.54) is 12.8 Å². The van der Waals surface area contributed by atoms with Gasteiger partial charge < -0.3 is 15.4 Å². The molecule has 0 radical (unpaired) electrons. The predicted molar refractivity (Wildman–Crippen MR) is 93.8 cm³/mol. The molecule has 1 fully saturated rings. The number of aliphatic imine (C=N–C) groups is 1. The zero-order chi connectivity index (χ0) is 16.2. The van der Waals surface area contributed by atoms with Crippen molar-refractivity contribution in [3.8, 4) is 11.5 Å². The summed E-state index contributed by atoms with van der Waals surface area (Å²) >= 11 is 0. The highest BCUT2D eigenvalue weighted by atomic mass is 16.5. The maximum atomic E-state index is 6.07. The Morgan fingerprint density at radius 2 is 1.96 bits per heavy atom. The summed E-state index contributed by atoms with van der Waals surface area (Å²) in [6.45, 7) is 2.57. The molecule has 2 aromatic rings. The minimum absolute atomic E-state index is 0.519. The minimum Gasteiger partial charge on any atom is -0.457 e. The Labute approximate surface area is 137 Å². The topological polar surface area (TPSA) is 50.8 Å². The zero-order valence-electron chi connectivity index (χ0n) is 13.7. The molecule has 0 aromatic heterocycles. The number of hydrogen-bond acceptors (Lipinski definition) is 2. The van der Waals surface area contributed by atoms with E-state index in [4.69, 9.17) is 10.5 Å². The van der Waals surface area contributed by atoms with Crippen LogP contribution >= 0.6 is 0 Å². The molecular formula is C19H23N3O. The first-order valence-corrected chi connectivity index (χ1v) is 7.98. The van der Waals surface area contributed by atoms with Crippen LogP contribution in [-0.4, -0.2) is 23.9 Å². The summed E-state index contributed by atoms with van der Waals surface area (Å²) in [5, 5.41) is 0. The lowest BCUT2D eigenvalue weighted by atomic mass is 10.1. The van der Waals surface area contributed by atoms with Crippen molar-refractivity contribution in [3.63, 3.8) is 0 Å². The molecule has 1 saturated carbocycles. The van der Waals surface area contributed by atoms with Crippen LogP contribution in [0.25, 0.3) is 0 Å². The molecule has 4 heteroatoms.